The van der Waals surface area contributed by atoms with Crippen LogP contribution in [0.1, 0.15) is 30.6 Å². The molecule has 23 heavy (non-hydrogen) atoms. The molecule has 0 saturated carbocycles. The van der Waals surface area contributed by atoms with E-state index in [9.17, 15) is 14.4 Å². The second-order valence-corrected chi connectivity index (χ2v) is 5.71. The van der Waals surface area contributed by atoms with Crippen molar-refractivity contribution in [3.8, 4) is 0 Å². The third-order valence-corrected chi connectivity index (χ3v) is 3.65. The molecule has 6 nitrogen and oxygen atoms in total. The van der Waals surface area contributed by atoms with Crippen LogP contribution in [0, 0.1) is 0 Å². The van der Waals surface area contributed by atoms with Gasteiger partial charge in [-0.25, -0.2) is 0 Å². The molecule has 3 amide bonds. The van der Waals surface area contributed by atoms with Crippen LogP contribution in [0.25, 0.3) is 0 Å². The SMILES string of the molecule is CCCNC(=O)[C@H](C)NC(=O)CNC(=O)c1ccc(Cl)c(Cl)c1. The molecule has 0 aliphatic heterocycles. The van der Waals surface area contributed by atoms with Crippen LogP contribution in [0.4, 0.5) is 0 Å². The fraction of sp³-hybridized carbons (Fsp3) is 0.400. The predicted octanol–water partition coefficient (Wildman–Crippen LogP) is 1.75. The van der Waals surface area contributed by atoms with Crippen molar-refractivity contribution in [3.05, 3.63) is 33.8 Å². The van der Waals surface area contributed by atoms with E-state index in [2.05, 4.69) is 16.0 Å². The summed E-state index contributed by atoms with van der Waals surface area (Å²) < 4.78 is 0. The van der Waals surface area contributed by atoms with Gasteiger partial charge >= 0.3 is 0 Å². The zero-order chi connectivity index (χ0) is 17.4. The van der Waals surface area contributed by atoms with Crippen molar-refractivity contribution in [1.29, 1.82) is 0 Å². The second-order valence-electron chi connectivity index (χ2n) is 4.89. The highest BCUT2D eigenvalue weighted by molar-refractivity contribution is 6.42. The van der Waals surface area contributed by atoms with Crippen LogP contribution in [0.3, 0.4) is 0 Å². The lowest BCUT2D eigenvalue weighted by atomic mass is 10.2. The molecule has 0 bridgehead atoms. The van der Waals surface area contributed by atoms with Gasteiger partial charge in [0.2, 0.25) is 11.8 Å². The number of hydrogen-bond acceptors (Lipinski definition) is 3. The lowest BCUT2D eigenvalue weighted by Crippen LogP contribution is -2.48. The van der Waals surface area contributed by atoms with Crippen LogP contribution in [-0.2, 0) is 9.59 Å². The van der Waals surface area contributed by atoms with E-state index in [1.54, 1.807) is 6.92 Å². The Hall–Kier alpha value is -1.79. The monoisotopic (exact) mass is 359 g/mol. The minimum Gasteiger partial charge on any atom is -0.354 e. The Kier molecular flexibility index (Phi) is 7.85. The van der Waals surface area contributed by atoms with Crippen molar-refractivity contribution < 1.29 is 14.4 Å². The number of halogens is 2. The molecule has 0 unspecified atom stereocenters. The molecule has 0 radical (unpaired) electrons. The first-order chi connectivity index (χ1) is 10.8. The van der Waals surface area contributed by atoms with Gasteiger partial charge in [0.25, 0.3) is 5.91 Å². The van der Waals surface area contributed by atoms with E-state index in [4.69, 9.17) is 23.2 Å². The molecule has 126 valence electrons. The number of carbonyl (C=O) groups is 3. The summed E-state index contributed by atoms with van der Waals surface area (Å²) in [6.07, 6.45) is 0.812. The van der Waals surface area contributed by atoms with Gasteiger partial charge in [-0.2, -0.15) is 0 Å². The molecule has 1 rings (SSSR count). The number of nitrogens with one attached hydrogen (secondary N) is 3. The van der Waals surface area contributed by atoms with Gasteiger partial charge in [0.15, 0.2) is 0 Å². The van der Waals surface area contributed by atoms with E-state index in [0.29, 0.717) is 17.1 Å². The van der Waals surface area contributed by atoms with Gasteiger partial charge in [-0.1, -0.05) is 30.1 Å². The lowest BCUT2D eigenvalue weighted by Gasteiger charge is -2.14. The smallest absolute Gasteiger partial charge is 0.251 e. The van der Waals surface area contributed by atoms with Gasteiger partial charge in [0.05, 0.1) is 16.6 Å². The standard InChI is InChI=1S/C15H19Cl2N3O3/c1-3-6-18-14(22)9(2)20-13(21)8-19-15(23)10-4-5-11(16)12(17)7-10/h4-5,7,9H,3,6,8H2,1-2H3,(H,18,22)(H,19,23)(H,20,21)/t9-/m0/s1. The van der Waals surface area contributed by atoms with E-state index in [1.807, 2.05) is 6.92 Å². The van der Waals surface area contributed by atoms with Crippen molar-refractivity contribution in [2.45, 2.75) is 26.3 Å². The molecule has 0 aromatic heterocycles. The van der Waals surface area contributed by atoms with Gasteiger partial charge in [-0.3, -0.25) is 14.4 Å². The molecule has 0 fully saturated rings. The maximum atomic E-state index is 11.9. The van der Waals surface area contributed by atoms with Crippen LogP contribution >= 0.6 is 23.2 Å². The molecule has 0 aliphatic carbocycles. The van der Waals surface area contributed by atoms with Crippen molar-refractivity contribution in [1.82, 2.24) is 16.0 Å². The summed E-state index contributed by atoms with van der Waals surface area (Å²) in [5.74, 6) is -1.18. The van der Waals surface area contributed by atoms with Crippen molar-refractivity contribution >= 4 is 40.9 Å². The maximum Gasteiger partial charge on any atom is 0.251 e. The fourth-order valence-electron chi connectivity index (χ4n) is 1.66. The number of benzene rings is 1. The highest BCUT2D eigenvalue weighted by atomic mass is 35.5. The summed E-state index contributed by atoms with van der Waals surface area (Å²) in [5.41, 5.74) is 0.293. The number of rotatable bonds is 7. The van der Waals surface area contributed by atoms with E-state index in [1.165, 1.54) is 18.2 Å². The number of amides is 3. The Morgan fingerprint density at radius 3 is 2.43 bits per heavy atom. The molecular weight excluding hydrogens is 341 g/mol. The lowest BCUT2D eigenvalue weighted by molar-refractivity contribution is -0.128. The average molecular weight is 360 g/mol. The van der Waals surface area contributed by atoms with Crippen LogP contribution in [0.15, 0.2) is 18.2 Å². The minimum absolute atomic E-state index is 0.246. The first kappa shape index (κ1) is 19.3. The number of hydrogen-bond donors (Lipinski definition) is 3. The summed E-state index contributed by atoms with van der Waals surface area (Å²) in [5, 5.41) is 8.22. The van der Waals surface area contributed by atoms with Gasteiger partial charge in [0.1, 0.15) is 6.04 Å². The predicted molar refractivity (Wildman–Crippen MR) is 89.7 cm³/mol. The quantitative estimate of drug-likeness (QED) is 0.692. The molecule has 1 aromatic carbocycles. The summed E-state index contributed by atoms with van der Waals surface area (Å²) in [4.78, 5) is 35.3. The third-order valence-electron chi connectivity index (χ3n) is 2.91. The molecular formula is C15H19Cl2N3O3. The maximum absolute atomic E-state index is 11.9. The Morgan fingerprint density at radius 2 is 1.83 bits per heavy atom. The second kappa shape index (κ2) is 9.37. The molecule has 0 saturated heterocycles. The third kappa shape index (κ3) is 6.46. The zero-order valence-corrected chi connectivity index (χ0v) is 14.4. The molecule has 0 spiro atoms. The van der Waals surface area contributed by atoms with Crippen LogP contribution in [-0.4, -0.2) is 36.9 Å². The Labute approximate surface area is 144 Å². The molecule has 3 N–H and O–H groups in total. The molecule has 1 aromatic rings. The van der Waals surface area contributed by atoms with Gasteiger partial charge in [-0.15, -0.1) is 0 Å². The van der Waals surface area contributed by atoms with Crippen LogP contribution in [0.5, 0.6) is 0 Å². The fourth-order valence-corrected chi connectivity index (χ4v) is 1.96. The van der Waals surface area contributed by atoms with E-state index < -0.39 is 17.9 Å². The molecule has 0 aliphatic rings. The van der Waals surface area contributed by atoms with Crippen LogP contribution in [0.2, 0.25) is 10.0 Å². The Balaban J connectivity index is 2.44. The zero-order valence-electron chi connectivity index (χ0n) is 12.9. The highest BCUT2D eigenvalue weighted by Gasteiger charge is 2.15. The van der Waals surface area contributed by atoms with Crippen LogP contribution < -0.4 is 16.0 Å². The van der Waals surface area contributed by atoms with Crippen molar-refractivity contribution in [2.24, 2.45) is 0 Å². The summed E-state index contributed by atoms with van der Waals surface area (Å²) in [6.45, 7) is 3.81. The summed E-state index contributed by atoms with van der Waals surface area (Å²) >= 11 is 11.6. The summed E-state index contributed by atoms with van der Waals surface area (Å²) in [6, 6.07) is 3.75. The van der Waals surface area contributed by atoms with Gasteiger partial charge < -0.3 is 16.0 Å². The van der Waals surface area contributed by atoms with Crippen molar-refractivity contribution in [2.75, 3.05) is 13.1 Å². The highest BCUT2D eigenvalue weighted by Crippen LogP contribution is 2.22. The Bertz CT molecular complexity index is 593. The normalized spacial score (nSPS) is 11.5. The van der Waals surface area contributed by atoms with Crippen molar-refractivity contribution in [3.63, 3.8) is 0 Å². The number of carbonyl (C=O) groups excluding carboxylic acids is 3. The molecule has 1 atom stereocenters. The first-order valence-corrected chi connectivity index (χ1v) is 7.91. The summed E-state index contributed by atoms with van der Waals surface area (Å²) in [7, 11) is 0. The molecule has 8 heteroatoms. The minimum atomic E-state index is -0.670. The largest absolute Gasteiger partial charge is 0.354 e. The van der Waals surface area contributed by atoms with E-state index >= 15 is 0 Å². The molecule has 0 heterocycles. The van der Waals surface area contributed by atoms with Gasteiger partial charge in [0, 0.05) is 12.1 Å². The average Bonchev–Trinajstić information content (AvgIpc) is 2.52. The first-order valence-electron chi connectivity index (χ1n) is 7.15. The Morgan fingerprint density at radius 1 is 1.13 bits per heavy atom. The topological polar surface area (TPSA) is 87.3 Å². The van der Waals surface area contributed by atoms with E-state index in [-0.39, 0.29) is 17.5 Å². The van der Waals surface area contributed by atoms with Gasteiger partial charge in [-0.05, 0) is 31.5 Å². The van der Waals surface area contributed by atoms with E-state index in [0.717, 1.165) is 6.42 Å².